The second-order valence-corrected chi connectivity index (χ2v) is 4.97. The zero-order valence-corrected chi connectivity index (χ0v) is 11.4. The molecule has 2 N–H and O–H groups in total. The van der Waals surface area contributed by atoms with Gasteiger partial charge in [-0.2, -0.15) is 0 Å². The summed E-state index contributed by atoms with van der Waals surface area (Å²) in [6, 6.07) is 3.86. The van der Waals surface area contributed by atoms with Crippen LogP contribution in [-0.4, -0.2) is 37.1 Å². The Kier molecular flexibility index (Phi) is 4.39. The fourth-order valence-electron chi connectivity index (χ4n) is 2.39. The predicted octanol–water partition coefficient (Wildman–Crippen LogP) is 1.73. The first-order valence-electron chi connectivity index (χ1n) is 6.03. The quantitative estimate of drug-likeness (QED) is 0.917. The van der Waals surface area contributed by atoms with Crippen molar-refractivity contribution in [1.29, 1.82) is 0 Å². The molecular formula is C13H16ClFN2O2. The third-order valence-electron chi connectivity index (χ3n) is 3.29. The van der Waals surface area contributed by atoms with Crippen LogP contribution in [0.25, 0.3) is 0 Å². The Morgan fingerprint density at radius 1 is 1.58 bits per heavy atom. The number of carbonyl (C=O) groups excluding carboxylic acids is 1. The molecule has 0 radical (unpaired) electrons. The molecule has 1 heterocycles. The van der Waals surface area contributed by atoms with E-state index in [9.17, 15) is 9.18 Å². The number of hydrogen-bond donors (Lipinski definition) is 1. The molecular weight excluding hydrogens is 271 g/mol. The van der Waals surface area contributed by atoms with Crippen molar-refractivity contribution in [3.8, 4) is 0 Å². The number of ether oxygens (including phenoxy) is 1. The molecule has 104 valence electrons. The Balaban J connectivity index is 2.28. The zero-order valence-electron chi connectivity index (χ0n) is 10.6. The smallest absolute Gasteiger partial charge is 0.224 e. The number of amides is 1. The van der Waals surface area contributed by atoms with Gasteiger partial charge in [0.15, 0.2) is 0 Å². The van der Waals surface area contributed by atoms with Crippen molar-refractivity contribution >= 4 is 17.5 Å². The van der Waals surface area contributed by atoms with Crippen molar-refractivity contribution in [2.75, 3.05) is 20.3 Å². The summed E-state index contributed by atoms with van der Waals surface area (Å²) in [5.41, 5.74) is 6.66. The van der Waals surface area contributed by atoms with Gasteiger partial charge in [-0.1, -0.05) is 17.7 Å². The molecule has 1 saturated heterocycles. The number of likely N-dealkylation sites (tertiary alicyclic amines) is 1. The third kappa shape index (κ3) is 2.88. The van der Waals surface area contributed by atoms with Gasteiger partial charge in [0.2, 0.25) is 5.91 Å². The Bertz CT molecular complexity index is 484. The van der Waals surface area contributed by atoms with Gasteiger partial charge < -0.3 is 15.4 Å². The van der Waals surface area contributed by atoms with Crippen LogP contribution in [0.3, 0.4) is 0 Å². The van der Waals surface area contributed by atoms with Crippen molar-refractivity contribution in [3.05, 3.63) is 34.6 Å². The van der Waals surface area contributed by atoms with E-state index in [0.717, 1.165) is 0 Å². The van der Waals surface area contributed by atoms with Crippen molar-refractivity contribution in [2.24, 2.45) is 5.73 Å². The normalized spacial score (nSPS) is 23.2. The van der Waals surface area contributed by atoms with Crippen LogP contribution in [0.5, 0.6) is 0 Å². The minimum atomic E-state index is -0.502. The molecule has 0 aliphatic carbocycles. The van der Waals surface area contributed by atoms with Gasteiger partial charge in [0.25, 0.3) is 0 Å². The Hall–Kier alpha value is -1.17. The highest BCUT2D eigenvalue weighted by molar-refractivity contribution is 6.30. The molecule has 2 atom stereocenters. The summed E-state index contributed by atoms with van der Waals surface area (Å²) < 4.78 is 18.5. The van der Waals surface area contributed by atoms with Crippen LogP contribution < -0.4 is 5.73 Å². The molecule has 0 aromatic heterocycles. The molecule has 1 aliphatic heterocycles. The topological polar surface area (TPSA) is 55.6 Å². The van der Waals surface area contributed by atoms with E-state index < -0.39 is 5.82 Å². The zero-order chi connectivity index (χ0) is 14.0. The van der Waals surface area contributed by atoms with Crippen LogP contribution in [0, 0.1) is 5.82 Å². The van der Waals surface area contributed by atoms with Gasteiger partial charge in [-0.15, -0.1) is 0 Å². The van der Waals surface area contributed by atoms with E-state index in [1.165, 1.54) is 12.1 Å². The summed E-state index contributed by atoms with van der Waals surface area (Å²) in [6.07, 6.45) is 0.263. The van der Waals surface area contributed by atoms with E-state index in [0.29, 0.717) is 18.7 Å². The molecule has 0 unspecified atom stereocenters. The van der Waals surface area contributed by atoms with Crippen molar-refractivity contribution < 1.29 is 13.9 Å². The van der Waals surface area contributed by atoms with Crippen molar-refractivity contribution in [1.82, 2.24) is 4.90 Å². The molecule has 2 rings (SSSR count). The summed E-state index contributed by atoms with van der Waals surface area (Å²) in [7, 11) is 1.57. The molecule has 0 spiro atoms. The van der Waals surface area contributed by atoms with Gasteiger partial charge in [-0.25, -0.2) is 4.39 Å². The molecule has 0 bridgehead atoms. The highest BCUT2D eigenvalue weighted by Crippen LogP contribution is 2.33. The fourth-order valence-corrected chi connectivity index (χ4v) is 2.51. The average Bonchev–Trinajstić information content (AvgIpc) is 2.65. The third-order valence-corrected chi connectivity index (χ3v) is 3.60. The first-order valence-corrected chi connectivity index (χ1v) is 6.41. The minimum absolute atomic E-state index is 0.0371. The standard InChI is InChI=1S/C13H16ClFN2O2/c1-19-5-4-17-12(18)7-11(16)13(17)8-2-3-9(14)10(15)6-8/h2-3,6,11,13H,4-5,7,16H2,1H3/t11-,13-/m0/s1. The van der Waals surface area contributed by atoms with E-state index in [1.807, 2.05) is 0 Å². The monoisotopic (exact) mass is 286 g/mol. The molecule has 1 aromatic rings. The molecule has 1 aliphatic rings. The number of nitrogens with two attached hydrogens (primary N) is 1. The molecule has 0 saturated carbocycles. The maximum absolute atomic E-state index is 13.5. The summed E-state index contributed by atoms with van der Waals surface area (Å²) >= 11 is 5.67. The summed E-state index contributed by atoms with van der Waals surface area (Å²) in [6.45, 7) is 0.864. The molecule has 1 aromatic carbocycles. The molecule has 6 heteroatoms. The number of hydrogen-bond acceptors (Lipinski definition) is 3. The van der Waals surface area contributed by atoms with Gasteiger partial charge in [0.1, 0.15) is 5.82 Å². The predicted molar refractivity (Wildman–Crippen MR) is 70.3 cm³/mol. The molecule has 1 fully saturated rings. The first kappa shape index (κ1) is 14.2. The summed E-state index contributed by atoms with van der Waals surface area (Å²) in [5, 5.41) is 0.0603. The Morgan fingerprint density at radius 2 is 2.32 bits per heavy atom. The van der Waals surface area contributed by atoms with E-state index in [2.05, 4.69) is 0 Å². The number of nitrogens with zero attached hydrogens (tertiary/aromatic N) is 1. The summed E-state index contributed by atoms with van der Waals surface area (Å²) in [4.78, 5) is 13.5. The maximum atomic E-state index is 13.5. The molecule has 19 heavy (non-hydrogen) atoms. The lowest BCUT2D eigenvalue weighted by Gasteiger charge is -2.27. The van der Waals surface area contributed by atoms with Gasteiger partial charge in [0, 0.05) is 26.1 Å². The Morgan fingerprint density at radius 3 is 2.95 bits per heavy atom. The van der Waals surface area contributed by atoms with Crippen LogP contribution in [-0.2, 0) is 9.53 Å². The van der Waals surface area contributed by atoms with Gasteiger partial charge >= 0.3 is 0 Å². The largest absolute Gasteiger partial charge is 0.383 e. The lowest BCUT2D eigenvalue weighted by atomic mass is 10.0. The minimum Gasteiger partial charge on any atom is -0.383 e. The molecule has 4 nitrogen and oxygen atoms in total. The van der Waals surface area contributed by atoms with E-state index >= 15 is 0 Å². The van der Waals surface area contributed by atoms with Crippen LogP contribution in [0.15, 0.2) is 18.2 Å². The van der Waals surface area contributed by atoms with Crippen LogP contribution >= 0.6 is 11.6 Å². The maximum Gasteiger partial charge on any atom is 0.224 e. The fraction of sp³-hybridized carbons (Fsp3) is 0.462. The van der Waals surface area contributed by atoms with Gasteiger partial charge in [0.05, 0.1) is 17.7 Å². The second kappa shape index (κ2) is 5.86. The lowest BCUT2D eigenvalue weighted by molar-refractivity contribution is -0.129. The number of rotatable bonds is 4. The van der Waals surface area contributed by atoms with Crippen LogP contribution in [0.1, 0.15) is 18.0 Å². The second-order valence-electron chi connectivity index (χ2n) is 4.57. The SMILES string of the molecule is COCCN1C(=O)C[C@H](N)[C@@H]1c1ccc(Cl)c(F)c1. The molecule has 1 amide bonds. The summed E-state index contributed by atoms with van der Waals surface area (Å²) in [5.74, 6) is -0.540. The number of methoxy groups -OCH3 is 1. The van der Waals surface area contributed by atoms with E-state index in [4.69, 9.17) is 22.1 Å². The van der Waals surface area contributed by atoms with Crippen molar-refractivity contribution in [3.63, 3.8) is 0 Å². The van der Waals surface area contributed by atoms with Gasteiger partial charge in [-0.3, -0.25) is 4.79 Å². The highest BCUT2D eigenvalue weighted by atomic mass is 35.5. The van der Waals surface area contributed by atoms with Gasteiger partial charge in [-0.05, 0) is 17.7 Å². The number of benzene rings is 1. The number of halogens is 2. The lowest BCUT2D eigenvalue weighted by Crippen LogP contribution is -2.35. The van der Waals surface area contributed by atoms with Crippen LogP contribution in [0.4, 0.5) is 4.39 Å². The van der Waals surface area contributed by atoms with Crippen molar-refractivity contribution in [2.45, 2.75) is 18.5 Å². The average molecular weight is 287 g/mol. The first-order chi connectivity index (χ1) is 9.04. The Labute approximate surface area is 116 Å². The van der Waals surface area contributed by atoms with E-state index in [-0.39, 0.29) is 29.4 Å². The van der Waals surface area contributed by atoms with Crippen LogP contribution in [0.2, 0.25) is 5.02 Å². The highest BCUT2D eigenvalue weighted by Gasteiger charge is 2.38. The number of carbonyl (C=O) groups is 1. The van der Waals surface area contributed by atoms with E-state index in [1.54, 1.807) is 18.1 Å².